The van der Waals surface area contributed by atoms with Gasteiger partial charge >= 0.3 is 11.8 Å². The van der Waals surface area contributed by atoms with Crippen molar-refractivity contribution in [3.8, 4) is 0 Å². The van der Waals surface area contributed by atoms with Crippen LogP contribution in [-0.4, -0.2) is 28.4 Å². The Balaban J connectivity index is 1.95. The highest BCUT2D eigenvalue weighted by Gasteiger charge is 2.21. The molecule has 8 heteroatoms. The molecule has 3 rings (SSSR count). The van der Waals surface area contributed by atoms with Crippen molar-refractivity contribution in [3.63, 3.8) is 0 Å². The van der Waals surface area contributed by atoms with Crippen LogP contribution in [0.2, 0.25) is 0 Å². The van der Waals surface area contributed by atoms with E-state index < -0.39 is 17.7 Å². The molecule has 2 aromatic carbocycles. The molecule has 3 amide bonds. The zero-order chi connectivity index (χ0) is 22.7. The Morgan fingerprint density at radius 3 is 2.32 bits per heavy atom. The van der Waals surface area contributed by atoms with Gasteiger partial charge in [-0.15, -0.1) is 0 Å². The summed E-state index contributed by atoms with van der Waals surface area (Å²) in [7, 11) is 0. The summed E-state index contributed by atoms with van der Waals surface area (Å²) >= 11 is 3.42. The second-order valence-corrected chi connectivity index (χ2v) is 8.54. The largest absolute Gasteiger partial charge is 0.345 e. The van der Waals surface area contributed by atoms with Crippen LogP contribution in [0.1, 0.15) is 41.9 Å². The van der Waals surface area contributed by atoms with Crippen LogP contribution in [0.4, 0.5) is 5.69 Å². The van der Waals surface area contributed by atoms with Gasteiger partial charge < -0.3 is 10.6 Å². The van der Waals surface area contributed by atoms with E-state index in [4.69, 9.17) is 0 Å². The predicted octanol–water partition coefficient (Wildman–Crippen LogP) is 4.26. The van der Waals surface area contributed by atoms with Gasteiger partial charge in [0, 0.05) is 21.6 Å². The molecule has 0 fully saturated rings. The molecule has 3 N–H and O–H groups in total. The highest BCUT2D eigenvalue weighted by molar-refractivity contribution is 9.10. The topological polar surface area (TPSA) is 92.2 Å². The molecule has 0 aliphatic rings. The number of fused-ring (bicyclic) bond motifs is 1. The molecule has 0 bridgehead atoms. The Kier molecular flexibility index (Phi) is 6.80. The zero-order valence-corrected chi connectivity index (χ0v) is 19.5. The summed E-state index contributed by atoms with van der Waals surface area (Å²) in [6.07, 6.45) is 0.697. The van der Waals surface area contributed by atoms with E-state index >= 15 is 0 Å². The lowest BCUT2D eigenvalue weighted by molar-refractivity contribution is -0.137. The third kappa shape index (κ3) is 5.32. The predicted molar refractivity (Wildman–Crippen MR) is 126 cm³/mol. The molecule has 1 aromatic heterocycles. The van der Waals surface area contributed by atoms with Crippen LogP contribution >= 0.6 is 15.9 Å². The molecule has 0 aliphatic heterocycles. The number of rotatable bonds is 5. The van der Waals surface area contributed by atoms with Crippen molar-refractivity contribution in [3.05, 3.63) is 63.8 Å². The fraction of sp³-hybridized carbons (Fsp3) is 0.261. The molecule has 1 atom stereocenters. The van der Waals surface area contributed by atoms with Gasteiger partial charge in [-0.25, -0.2) is 4.68 Å². The molecule has 162 valence electrons. The molecule has 0 spiro atoms. The number of benzene rings is 2. The molecular weight excluding hydrogens is 460 g/mol. The smallest absolute Gasteiger partial charge is 0.328 e. The first-order chi connectivity index (χ1) is 14.7. The third-order valence-corrected chi connectivity index (χ3v) is 5.38. The monoisotopic (exact) mass is 484 g/mol. The summed E-state index contributed by atoms with van der Waals surface area (Å²) in [5.74, 6) is -2.00. The Labute approximate surface area is 189 Å². The van der Waals surface area contributed by atoms with Gasteiger partial charge in [0.25, 0.3) is 5.91 Å². The Morgan fingerprint density at radius 2 is 1.68 bits per heavy atom. The molecule has 0 saturated heterocycles. The number of hydrogen-bond acceptors (Lipinski definition) is 3. The maximum absolute atomic E-state index is 13.1. The summed E-state index contributed by atoms with van der Waals surface area (Å²) < 4.78 is 2.18. The Morgan fingerprint density at radius 1 is 1.00 bits per heavy atom. The first-order valence-corrected chi connectivity index (χ1v) is 10.8. The van der Waals surface area contributed by atoms with Gasteiger partial charge in [0.15, 0.2) is 0 Å². The molecule has 0 saturated carbocycles. The maximum atomic E-state index is 13.1. The van der Waals surface area contributed by atoms with E-state index in [0.717, 1.165) is 21.0 Å². The summed E-state index contributed by atoms with van der Waals surface area (Å²) in [5, 5.41) is 6.24. The molecule has 7 nitrogen and oxygen atoms in total. The van der Waals surface area contributed by atoms with Gasteiger partial charge in [-0.3, -0.25) is 19.8 Å². The average molecular weight is 485 g/mol. The summed E-state index contributed by atoms with van der Waals surface area (Å²) in [6.45, 7) is 7.63. The summed E-state index contributed by atoms with van der Waals surface area (Å²) in [4.78, 5) is 37.8. The molecular formula is C23H25BrN4O3. The van der Waals surface area contributed by atoms with Gasteiger partial charge in [0.1, 0.15) is 5.69 Å². The molecule has 3 aromatic rings. The van der Waals surface area contributed by atoms with Crippen LogP contribution in [-0.2, 0) is 9.59 Å². The number of anilines is 1. The van der Waals surface area contributed by atoms with Gasteiger partial charge in [0.05, 0.1) is 5.52 Å². The third-order valence-electron chi connectivity index (χ3n) is 4.89. The van der Waals surface area contributed by atoms with Crippen LogP contribution in [0.3, 0.4) is 0 Å². The quantitative estimate of drug-likeness (QED) is 0.472. The summed E-state index contributed by atoms with van der Waals surface area (Å²) in [6, 6.07) is 12.7. The SMILES string of the molecule is CC[C@H](C)NC(=O)C(=O)Nn1c(C(=O)Nc2cc(C)cc(C)c2)cc2cc(Br)ccc21. The van der Waals surface area contributed by atoms with Crippen molar-refractivity contribution in [1.82, 2.24) is 9.99 Å². The normalized spacial score (nSPS) is 11.8. The minimum atomic E-state index is -0.846. The van der Waals surface area contributed by atoms with Crippen molar-refractivity contribution in [2.75, 3.05) is 10.7 Å². The highest BCUT2D eigenvalue weighted by atomic mass is 79.9. The van der Waals surface area contributed by atoms with Crippen LogP contribution in [0.25, 0.3) is 10.9 Å². The molecule has 31 heavy (non-hydrogen) atoms. The van der Waals surface area contributed by atoms with E-state index in [1.807, 2.05) is 52.0 Å². The van der Waals surface area contributed by atoms with Crippen LogP contribution in [0.5, 0.6) is 0 Å². The van der Waals surface area contributed by atoms with E-state index in [9.17, 15) is 14.4 Å². The minimum Gasteiger partial charge on any atom is -0.345 e. The fourth-order valence-corrected chi connectivity index (χ4v) is 3.64. The molecule has 0 radical (unpaired) electrons. The van der Waals surface area contributed by atoms with Gasteiger partial charge in [-0.2, -0.15) is 0 Å². The number of carbonyl (C=O) groups is 3. The van der Waals surface area contributed by atoms with Crippen LogP contribution < -0.4 is 16.1 Å². The lowest BCUT2D eigenvalue weighted by Gasteiger charge is -2.15. The Bertz CT molecular complexity index is 1150. The number of aryl methyl sites for hydroxylation is 2. The van der Waals surface area contributed by atoms with Crippen LogP contribution in [0, 0.1) is 13.8 Å². The standard InChI is InChI=1S/C23H25BrN4O3/c1-5-15(4)25-22(30)23(31)27-28-19-7-6-17(24)11-16(19)12-20(28)21(29)26-18-9-13(2)8-14(3)10-18/h6-12,15H,5H2,1-4H3,(H,25,30)(H,26,29)(H,27,31)/t15-/m0/s1. The van der Waals surface area contributed by atoms with E-state index in [1.54, 1.807) is 18.2 Å². The van der Waals surface area contributed by atoms with Crippen molar-refractivity contribution >= 4 is 50.2 Å². The first-order valence-electron chi connectivity index (χ1n) is 10.0. The van der Waals surface area contributed by atoms with E-state index in [0.29, 0.717) is 17.6 Å². The average Bonchev–Trinajstić information content (AvgIpc) is 3.04. The van der Waals surface area contributed by atoms with E-state index in [1.165, 1.54) is 4.68 Å². The molecule has 0 unspecified atom stereocenters. The number of hydrogen-bond donors (Lipinski definition) is 3. The number of amides is 3. The number of nitrogens with zero attached hydrogens (tertiary/aromatic N) is 1. The first kappa shape index (κ1) is 22.6. The number of nitrogens with one attached hydrogen (secondary N) is 3. The second-order valence-electron chi connectivity index (χ2n) is 7.62. The highest BCUT2D eigenvalue weighted by Crippen LogP contribution is 2.24. The van der Waals surface area contributed by atoms with Crippen molar-refractivity contribution in [2.45, 2.75) is 40.2 Å². The van der Waals surface area contributed by atoms with E-state index in [-0.39, 0.29) is 11.7 Å². The Hall–Kier alpha value is -3.13. The minimum absolute atomic E-state index is 0.136. The van der Waals surface area contributed by atoms with Gasteiger partial charge in [-0.05, 0) is 74.7 Å². The zero-order valence-electron chi connectivity index (χ0n) is 17.9. The molecule has 0 aliphatic carbocycles. The number of carbonyl (C=O) groups excluding carboxylic acids is 3. The fourth-order valence-electron chi connectivity index (χ4n) is 3.26. The lowest BCUT2D eigenvalue weighted by atomic mass is 10.1. The van der Waals surface area contributed by atoms with E-state index in [2.05, 4.69) is 32.0 Å². The van der Waals surface area contributed by atoms with Gasteiger partial charge in [-0.1, -0.05) is 28.9 Å². The van der Waals surface area contributed by atoms with Crippen molar-refractivity contribution in [1.29, 1.82) is 0 Å². The second kappa shape index (κ2) is 9.34. The summed E-state index contributed by atoms with van der Waals surface area (Å²) in [5.41, 5.74) is 6.06. The van der Waals surface area contributed by atoms with Crippen molar-refractivity contribution < 1.29 is 14.4 Å². The van der Waals surface area contributed by atoms with Gasteiger partial charge in [0.2, 0.25) is 0 Å². The number of halogens is 1. The van der Waals surface area contributed by atoms with Crippen LogP contribution in [0.15, 0.2) is 46.9 Å². The lowest BCUT2D eigenvalue weighted by Crippen LogP contribution is -2.43. The maximum Gasteiger partial charge on any atom is 0.328 e. The van der Waals surface area contributed by atoms with Crippen molar-refractivity contribution in [2.24, 2.45) is 0 Å². The molecule has 1 heterocycles. The number of aromatic nitrogens is 1.